The minimum Gasteiger partial charge on any atom is -0.372 e. The van der Waals surface area contributed by atoms with Gasteiger partial charge in [0, 0.05) is 49.1 Å². The highest BCUT2D eigenvalue weighted by atomic mass is 32.2. The zero-order valence-electron chi connectivity index (χ0n) is 21.2. The van der Waals surface area contributed by atoms with Crippen molar-refractivity contribution in [1.29, 1.82) is 0 Å². The summed E-state index contributed by atoms with van der Waals surface area (Å²) in [5.41, 5.74) is 1.96. The highest BCUT2D eigenvalue weighted by Crippen LogP contribution is 2.44. The van der Waals surface area contributed by atoms with E-state index in [-0.39, 0.29) is 11.6 Å². The molecule has 1 aliphatic heterocycles. The smallest absolute Gasteiger partial charge is 0.147 e. The van der Waals surface area contributed by atoms with Crippen LogP contribution in [-0.2, 0) is 6.54 Å². The Bertz CT molecular complexity index is 936. The minimum atomic E-state index is -0.366. The van der Waals surface area contributed by atoms with Crippen molar-refractivity contribution in [2.45, 2.75) is 83.7 Å². The van der Waals surface area contributed by atoms with Crippen LogP contribution in [0.3, 0.4) is 0 Å². The molecular weight excluding hydrogens is 452 g/mol. The molecule has 1 saturated heterocycles. The molecule has 1 saturated carbocycles. The van der Waals surface area contributed by atoms with Crippen LogP contribution in [0.1, 0.15) is 71.4 Å². The second-order valence-electron chi connectivity index (χ2n) is 9.07. The highest BCUT2D eigenvalue weighted by molar-refractivity contribution is 7.97. The van der Waals surface area contributed by atoms with Crippen LogP contribution in [0.4, 0.5) is 14.5 Å². The van der Waals surface area contributed by atoms with Crippen molar-refractivity contribution in [3.8, 4) is 0 Å². The number of aromatic nitrogens is 3. The lowest BCUT2D eigenvalue weighted by Gasteiger charge is -2.39. The van der Waals surface area contributed by atoms with Gasteiger partial charge in [0.1, 0.15) is 24.3 Å². The van der Waals surface area contributed by atoms with Gasteiger partial charge in [-0.2, -0.15) is 0 Å². The Hall–Kier alpha value is -1.93. The number of hydrogen-bond donors (Lipinski definition) is 0. The molecule has 8 heteroatoms. The lowest BCUT2D eigenvalue weighted by Crippen LogP contribution is -2.36. The van der Waals surface area contributed by atoms with Crippen molar-refractivity contribution >= 4 is 17.6 Å². The average molecular weight is 492 g/mol. The SMILES string of the molecule is C=C(CC)[C@@H]1CC[C@H](CC)N(Cc2cc(F)c(N(C)C[C@H]3C[C@@H]3n3cnnc3)cc2F)S1.CC. The fourth-order valence-electron chi connectivity index (χ4n) is 4.65. The van der Waals surface area contributed by atoms with Gasteiger partial charge in [-0.15, -0.1) is 10.2 Å². The molecule has 0 unspecified atom stereocenters. The highest BCUT2D eigenvalue weighted by Gasteiger charge is 2.39. The van der Waals surface area contributed by atoms with Crippen molar-refractivity contribution in [2.75, 3.05) is 18.5 Å². The van der Waals surface area contributed by atoms with Crippen LogP contribution < -0.4 is 4.90 Å². The van der Waals surface area contributed by atoms with E-state index >= 15 is 8.78 Å². The predicted octanol–water partition coefficient (Wildman–Crippen LogP) is 6.64. The van der Waals surface area contributed by atoms with Crippen LogP contribution in [0.2, 0.25) is 0 Å². The molecular formula is C26H39F2N5S. The Morgan fingerprint density at radius 2 is 1.85 bits per heavy atom. The quantitative estimate of drug-likeness (QED) is 0.290. The fraction of sp³-hybridized carbons (Fsp3) is 0.615. The maximum atomic E-state index is 15.1. The Morgan fingerprint density at radius 1 is 1.15 bits per heavy atom. The van der Waals surface area contributed by atoms with Gasteiger partial charge in [0.2, 0.25) is 0 Å². The van der Waals surface area contributed by atoms with Crippen LogP contribution in [-0.4, -0.2) is 44.0 Å². The van der Waals surface area contributed by atoms with Crippen molar-refractivity contribution in [3.63, 3.8) is 0 Å². The standard InChI is InChI=1S/C24H33F2N5S.C2H6/c1-5-16(3)24-8-7-19(6-2)31(32-24)13-17-9-21(26)23(11-20(17)25)29(4)12-18-10-22(18)30-14-27-28-15-30;1-2/h9,11,14-15,18-19,22,24H,3,5-8,10,12-13H2,1-2,4H3;1-2H3/t18-,19+,22+,24+;/m1./s1. The zero-order chi connectivity index (χ0) is 24.8. The van der Waals surface area contributed by atoms with E-state index in [1.54, 1.807) is 24.6 Å². The summed E-state index contributed by atoms with van der Waals surface area (Å²) < 4.78 is 34.4. The Labute approximate surface area is 207 Å². The molecule has 0 amide bonds. The molecule has 0 bridgehead atoms. The van der Waals surface area contributed by atoms with Gasteiger partial charge in [-0.25, -0.2) is 13.1 Å². The molecule has 1 aliphatic carbocycles. The first-order valence-corrected chi connectivity index (χ1v) is 13.4. The topological polar surface area (TPSA) is 37.2 Å². The largest absolute Gasteiger partial charge is 0.372 e. The predicted molar refractivity (Wildman–Crippen MR) is 138 cm³/mol. The van der Waals surface area contributed by atoms with Gasteiger partial charge >= 0.3 is 0 Å². The summed E-state index contributed by atoms with van der Waals surface area (Å²) in [5, 5.41) is 8.06. The summed E-state index contributed by atoms with van der Waals surface area (Å²) >= 11 is 1.75. The molecule has 0 N–H and O–H groups in total. The molecule has 4 atom stereocenters. The first-order valence-electron chi connectivity index (χ1n) is 12.5. The molecule has 5 nitrogen and oxygen atoms in total. The number of nitrogens with zero attached hydrogens (tertiary/aromatic N) is 5. The average Bonchev–Trinajstić information content (AvgIpc) is 3.39. The van der Waals surface area contributed by atoms with Crippen molar-refractivity contribution in [2.24, 2.45) is 5.92 Å². The van der Waals surface area contributed by atoms with E-state index in [0.29, 0.717) is 47.6 Å². The molecule has 34 heavy (non-hydrogen) atoms. The van der Waals surface area contributed by atoms with Gasteiger partial charge in [-0.1, -0.05) is 51.8 Å². The third-order valence-corrected chi connectivity index (χ3v) is 8.40. The second kappa shape index (κ2) is 12.2. The van der Waals surface area contributed by atoms with Crippen LogP contribution in [0.5, 0.6) is 0 Å². The molecule has 1 aromatic carbocycles. The summed E-state index contributed by atoms with van der Waals surface area (Å²) in [7, 11) is 1.83. The second-order valence-corrected chi connectivity index (χ2v) is 10.3. The lowest BCUT2D eigenvalue weighted by atomic mass is 10.0. The van der Waals surface area contributed by atoms with Gasteiger partial charge < -0.3 is 9.47 Å². The number of benzene rings is 1. The summed E-state index contributed by atoms with van der Waals surface area (Å²) in [6.07, 6.45) is 8.53. The molecule has 188 valence electrons. The van der Waals surface area contributed by atoms with Crippen LogP contribution in [0.25, 0.3) is 0 Å². The van der Waals surface area contributed by atoms with E-state index < -0.39 is 0 Å². The molecule has 2 fully saturated rings. The number of anilines is 1. The van der Waals surface area contributed by atoms with E-state index in [0.717, 1.165) is 32.1 Å². The Kier molecular flexibility index (Phi) is 9.54. The zero-order valence-corrected chi connectivity index (χ0v) is 22.0. The van der Waals surface area contributed by atoms with E-state index in [1.807, 2.05) is 30.4 Å². The van der Waals surface area contributed by atoms with Crippen LogP contribution in [0.15, 0.2) is 36.9 Å². The van der Waals surface area contributed by atoms with Crippen molar-refractivity contribution in [1.82, 2.24) is 19.1 Å². The summed E-state index contributed by atoms with van der Waals surface area (Å²) in [4.78, 5) is 1.82. The summed E-state index contributed by atoms with van der Waals surface area (Å²) in [5.74, 6) is -0.321. The van der Waals surface area contributed by atoms with Gasteiger partial charge in [-0.05, 0) is 44.1 Å². The Morgan fingerprint density at radius 3 is 2.50 bits per heavy atom. The maximum Gasteiger partial charge on any atom is 0.147 e. The van der Waals surface area contributed by atoms with Crippen LogP contribution in [0, 0.1) is 17.6 Å². The minimum absolute atomic E-state index is 0.316. The van der Waals surface area contributed by atoms with E-state index in [4.69, 9.17) is 0 Å². The molecule has 4 rings (SSSR count). The number of hydrogen-bond acceptors (Lipinski definition) is 5. The molecule has 0 radical (unpaired) electrons. The first kappa shape index (κ1) is 26.7. The third-order valence-electron chi connectivity index (χ3n) is 6.88. The monoisotopic (exact) mass is 491 g/mol. The number of halogens is 2. The summed E-state index contributed by atoms with van der Waals surface area (Å²) in [6, 6.07) is 3.46. The molecule has 2 aromatic rings. The van der Waals surface area contributed by atoms with E-state index in [2.05, 4.69) is 34.9 Å². The van der Waals surface area contributed by atoms with Gasteiger partial charge in [-0.3, -0.25) is 0 Å². The first-order chi connectivity index (χ1) is 16.4. The summed E-state index contributed by atoms with van der Waals surface area (Å²) in [6.45, 7) is 13.6. The van der Waals surface area contributed by atoms with E-state index in [9.17, 15) is 0 Å². The molecule has 1 aromatic heterocycles. The lowest BCUT2D eigenvalue weighted by molar-refractivity contribution is 0.292. The maximum absolute atomic E-state index is 15.1. The van der Waals surface area contributed by atoms with Gasteiger partial charge in [0.05, 0.1) is 5.69 Å². The van der Waals surface area contributed by atoms with Crippen molar-refractivity contribution in [3.05, 3.63) is 54.1 Å². The third kappa shape index (κ3) is 6.19. The van der Waals surface area contributed by atoms with Gasteiger partial charge in [0.15, 0.2) is 0 Å². The Balaban J connectivity index is 0.00000158. The number of rotatable bonds is 9. The molecule has 0 spiro atoms. The normalized spacial score (nSPS) is 24.3. The van der Waals surface area contributed by atoms with Crippen molar-refractivity contribution < 1.29 is 8.78 Å². The fourth-order valence-corrected chi connectivity index (χ4v) is 6.18. The van der Waals surface area contributed by atoms with E-state index in [1.165, 1.54) is 17.7 Å². The van der Waals surface area contributed by atoms with Crippen LogP contribution >= 0.6 is 11.9 Å². The molecule has 2 aliphatic rings. The molecule has 2 heterocycles. The van der Waals surface area contributed by atoms with Gasteiger partial charge in [0.25, 0.3) is 0 Å².